The minimum Gasteiger partial charge on any atom is -0.497 e. The first-order valence-electron chi connectivity index (χ1n) is 12.0. The van der Waals surface area contributed by atoms with E-state index in [4.69, 9.17) is 16.3 Å². The normalized spacial score (nSPS) is 14.2. The van der Waals surface area contributed by atoms with E-state index < -0.39 is 5.82 Å². The van der Waals surface area contributed by atoms with Crippen molar-refractivity contribution in [2.24, 2.45) is 0 Å². The van der Waals surface area contributed by atoms with Crippen LogP contribution in [0.15, 0.2) is 60.8 Å². The molecule has 9 heteroatoms. The molecule has 0 aliphatic carbocycles. The van der Waals surface area contributed by atoms with Crippen LogP contribution in [0.5, 0.6) is 5.75 Å². The van der Waals surface area contributed by atoms with Gasteiger partial charge in [0.25, 0.3) is 0 Å². The summed E-state index contributed by atoms with van der Waals surface area (Å²) < 4.78 is 19.6. The maximum absolute atomic E-state index is 14.4. The number of hydrazine groups is 1. The van der Waals surface area contributed by atoms with E-state index in [2.05, 4.69) is 34.8 Å². The molecule has 2 heterocycles. The Morgan fingerprint density at radius 1 is 1.22 bits per heavy atom. The van der Waals surface area contributed by atoms with Crippen molar-refractivity contribution in [3.63, 3.8) is 0 Å². The van der Waals surface area contributed by atoms with Gasteiger partial charge in [0.2, 0.25) is 0 Å². The lowest BCUT2D eigenvalue weighted by molar-refractivity contribution is 0.277. The molecular weight excluding hydrogens is 481 g/mol. The average molecular weight is 512 g/mol. The number of nitrogens with one attached hydrogen (secondary N) is 2. The van der Waals surface area contributed by atoms with Gasteiger partial charge in [-0.1, -0.05) is 42.8 Å². The van der Waals surface area contributed by atoms with E-state index in [1.807, 2.05) is 23.1 Å². The van der Waals surface area contributed by atoms with Gasteiger partial charge >= 0.3 is 0 Å². The van der Waals surface area contributed by atoms with Gasteiger partial charge in [0.15, 0.2) is 11.6 Å². The molecule has 36 heavy (non-hydrogen) atoms. The molecule has 0 spiro atoms. The molecule has 0 saturated carbocycles. The predicted molar refractivity (Wildman–Crippen MR) is 145 cm³/mol. The molecule has 0 unspecified atom stereocenters. The van der Waals surface area contributed by atoms with Crippen LogP contribution in [0, 0.1) is 5.82 Å². The molecule has 1 saturated heterocycles. The number of halogens is 2. The maximum Gasteiger partial charge on any atom is 0.167 e. The zero-order chi connectivity index (χ0) is 25.5. The number of rotatable bonds is 9. The van der Waals surface area contributed by atoms with Crippen molar-refractivity contribution in [2.75, 3.05) is 41.0 Å². The number of methoxy groups -OCH3 is 1. The molecule has 0 radical (unpaired) electrons. The molecule has 190 valence electrons. The first-order valence-corrected chi connectivity index (χ1v) is 12.4. The molecule has 1 aliphatic heterocycles. The Morgan fingerprint density at radius 3 is 2.64 bits per heavy atom. The summed E-state index contributed by atoms with van der Waals surface area (Å²) >= 11 is 5.85. The topological polar surface area (TPSA) is 72.9 Å². The number of hydrogen-bond acceptors (Lipinski definition) is 7. The summed E-state index contributed by atoms with van der Waals surface area (Å²) in [7, 11) is 1.60. The van der Waals surface area contributed by atoms with Crippen LogP contribution in [0.3, 0.4) is 0 Å². The molecule has 2 aromatic carbocycles. The van der Waals surface area contributed by atoms with E-state index in [0.717, 1.165) is 41.4 Å². The highest BCUT2D eigenvalue weighted by Gasteiger charge is 2.24. The first-order chi connectivity index (χ1) is 17.5. The minimum absolute atomic E-state index is 0.168. The SMILES string of the molecule is CC/C=C/c1cccc(NN(O)c2ccc(OC)cc2)c1NC1CCN(c2ncc(Cl)cc2F)CC1. The number of pyridine rings is 1. The number of anilines is 4. The lowest BCUT2D eigenvalue weighted by atomic mass is 10.0. The standard InChI is InChI=1S/C27H31ClFN5O2/c1-3-4-6-19-7-5-8-25(32-34(35)22-9-11-23(36-2)12-10-22)26(19)31-21-13-15-33(16-14-21)27-24(29)17-20(28)18-30-27/h4-12,17-18,21,31-32,35H,3,13-16H2,1-2H3/b6-4+. The van der Waals surface area contributed by atoms with E-state index >= 15 is 0 Å². The van der Waals surface area contributed by atoms with Crippen molar-refractivity contribution in [1.82, 2.24) is 4.98 Å². The zero-order valence-electron chi connectivity index (χ0n) is 20.4. The second-order valence-corrected chi connectivity index (χ2v) is 9.00. The van der Waals surface area contributed by atoms with Gasteiger partial charge in [-0.05, 0) is 61.2 Å². The summed E-state index contributed by atoms with van der Waals surface area (Å²) in [5, 5.41) is 15.7. The molecule has 1 fully saturated rings. The van der Waals surface area contributed by atoms with Crippen LogP contribution in [0.1, 0.15) is 31.7 Å². The van der Waals surface area contributed by atoms with Crippen LogP contribution in [0.2, 0.25) is 5.02 Å². The van der Waals surface area contributed by atoms with Crippen LogP contribution in [0.25, 0.3) is 6.08 Å². The Bertz CT molecular complexity index is 1180. The molecule has 0 atom stereocenters. The van der Waals surface area contributed by atoms with E-state index in [1.54, 1.807) is 31.4 Å². The number of aromatic nitrogens is 1. The highest BCUT2D eigenvalue weighted by Crippen LogP contribution is 2.32. The summed E-state index contributed by atoms with van der Waals surface area (Å²) in [5.74, 6) is 0.639. The van der Waals surface area contributed by atoms with Gasteiger partial charge in [-0.3, -0.25) is 10.6 Å². The Kier molecular flexibility index (Phi) is 8.51. The largest absolute Gasteiger partial charge is 0.497 e. The van der Waals surface area contributed by atoms with Crippen molar-refractivity contribution in [3.05, 3.63) is 77.2 Å². The van der Waals surface area contributed by atoms with Crippen LogP contribution in [0.4, 0.5) is 27.3 Å². The number of para-hydroxylation sites is 1. The third kappa shape index (κ3) is 6.19. The number of hydrogen-bond donors (Lipinski definition) is 3. The zero-order valence-corrected chi connectivity index (χ0v) is 21.2. The average Bonchev–Trinajstić information content (AvgIpc) is 2.89. The molecule has 1 aromatic heterocycles. The second kappa shape index (κ2) is 12.0. The third-order valence-corrected chi connectivity index (χ3v) is 6.31. The minimum atomic E-state index is -0.406. The van der Waals surface area contributed by atoms with Gasteiger partial charge in [-0.25, -0.2) is 9.37 Å². The fourth-order valence-electron chi connectivity index (χ4n) is 4.19. The second-order valence-electron chi connectivity index (χ2n) is 8.57. The Labute approximate surface area is 216 Å². The predicted octanol–water partition coefficient (Wildman–Crippen LogP) is 6.61. The van der Waals surface area contributed by atoms with Gasteiger partial charge < -0.3 is 15.0 Å². The quantitative estimate of drug-likeness (QED) is 0.279. The Morgan fingerprint density at radius 2 is 1.97 bits per heavy atom. The van der Waals surface area contributed by atoms with Gasteiger partial charge in [-0.2, -0.15) is 5.17 Å². The first kappa shape index (κ1) is 25.6. The van der Waals surface area contributed by atoms with Gasteiger partial charge in [-0.15, -0.1) is 0 Å². The lowest BCUT2D eigenvalue weighted by Crippen LogP contribution is -2.40. The van der Waals surface area contributed by atoms with E-state index in [1.165, 1.54) is 12.3 Å². The lowest BCUT2D eigenvalue weighted by Gasteiger charge is -2.34. The maximum atomic E-state index is 14.4. The number of piperidine rings is 1. The number of allylic oxidation sites excluding steroid dienone is 1. The molecule has 0 bridgehead atoms. The van der Waals surface area contributed by atoms with Crippen LogP contribution in [-0.2, 0) is 0 Å². The summed E-state index contributed by atoms with van der Waals surface area (Å²) in [4.78, 5) is 6.13. The van der Waals surface area contributed by atoms with Gasteiger partial charge in [0, 0.05) is 25.3 Å². The molecule has 7 nitrogen and oxygen atoms in total. The fourth-order valence-corrected chi connectivity index (χ4v) is 4.33. The number of nitrogens with zero attached hydrogens (tertiary/aromatic N) is 3. The van der Waals surface area contributed by atoms with Crippen molar-refractivity contribution in [2.45, 2.75) is 32.2 Å². The van der Waals surface area contributed by atoms with Crippen LogP contribution in [-0.4, -0.2) is 36.4 Å². The Balaban J connectivity index is 1.50. The fraction of sp³-hybridized carbons (Fsp3) is 0.296. The molecule has 0 amide bonds. The summed E-state index contributed by atoms with van der Waals surface area (Å²) in [5.41, 5.74) is 6.30. The van der Waals surface area contributed by atoms with E-state index in [-0.39, 0.29) is 11.1 Å². The monoisotopic (exact) mass is 511 g/mol. The number of benzene rings is 2. The van der Waals surface area contributed by atoms with Crippen LogP contribution < -0.4 is 25.6 Å². The molecule has 3 N–H and O–H groups in total. The Hall–Kier alpha value is -3.49. The number of ether oxygens (including phenoxy) is 1. The van der Waals surface area contributed by atoms with Crippen LogP contribution >= 0.6 is 11.6 Å². The highest BCUT2D eigenvalue weighted by atomic mass is 35.5. The van der Waals surface area contributed by atoms with Gasteiger partial charge in [0.05, 0.1) is 29.2 Å². The third-order valence-electron chi connectivity index (χ3n) is 6.10. The van der Waals surface area contributed by atoms with Gasteiger partial charge in [0.1, 0.15) is 5.75 Å². The smallest absolute Gasteiger partial charge is 0.167 e. The van der Waals surface area contributed by atoms with E-state index in [9.17, 15) is 9.60 Å². The van der Waals surface area contributed by atoms with E-state index in [0.29, 0.717) is 30.3 Å². The molecular formula is C27H31ClFN5O2. The summed E-state index contributed by atoms with van der Waals surface area (Å²) in [6.07, 6.45) is 8.16. The van der Waals surface area contributed by atoms with Crippen molar-refractivity contribution in [1.29, 1.82) is 0 Å². The highest BCUT2D eigenvalue weighted by molar-refractivity contribution is 6.30. The van der Waals surface area contributed by atoms with Crippen molar-refractivity contribution >= 4 is 40.6 Å². The summed E-state index contributed by atoms with van der Waals surface area (Å²) in [6, 6.07) is 14.5. The molecule has 3 aromatic rings. The van der Waals surface area contributed by atoms with Crippen molar-refractivity contribution < 1.29 is 14.3 Å². The molecule has 4 rings (SSSR count). The van der Waals surface area contributed by atoms with Crippen molar-refractivity contribution in [3.8, 4) is 5.75 Å². The molecule has 1 aliphatic rings. The summed E-state index contributed by atoms with van der Waals surface area (Å²) in [6.45, 7) is 3.42.